The Kier molecular flexibility index (Phi) is 4.13. The molecule has 1 spiro atoms. The van der Waals surface area contributed by atoms with Gasteiger partial charge in [0, 0.05) is 30.0 Å². The number of hydrogen-bond acceptors (Lipinski definition) is 6. The number of carbonyl (C=O) groups excluding carboxylic acids is 2. The molecule has 1 aromatic rings. The minimum absolute atomic E-state index is 0.163. The van der Waals surface area contributed by atoms with Gasteiger partial charge in [0.15, 0.2) is 6.10 Å². The van der Waals surface area contributed by atoms with Crippen LogP contribution in [0.15, 0.2) is 18.2 Å². The van der Waals surface area contributed by atoms with Crippen LogP contribution in [0.4, 0.5) is 25.4 Å². The van der Waals surface area contributed by atoms with E-state index in [1.165, 1.54) is 11.0 Å². The van der Waals surface area contributed by atoms with E-state index in [1.54, 1.807) is 19.1 Å². The standard InChI is InChI=1S/C17H20FN3O4S/c1-10(24-15(19)22)14-5-21(16(23)25-14)11-2-3-13(12(18)4-11)20-6-17(7-20)8-26-9-17/h2-4,10,14H,5-9H2,1H3,(H2,19,22)/t10-,14?/m0/s1. The normalized spacial score (nSPS) is 24.7. The van der Waals surface area contributed by atoms with Crippen molar-refractivity contribution < 1.29 is 23.5 Å². The maximum Gasteiger partial charge on any atom is 0.414 e. The fourth-order valence-electron chi connectivity index (χ4n) is 3.63. The molecule has 2 N–H and O–H groups in total. The lowest BCUT2D eigenvalue weighted by Crippen LogP contribution is -2.63. The van der Waals surface area contributed by atoms with E-state index in [-0.39, 0.29) is 12.4 Å². The molecule has 7 nitrogen and oxygen atoms in total. The summed E-state index contributed by atoms with van der Waals surface area (Å²) >= 11 is 1.93. The Hall–Kier alpha value is -2.16. The van der Waals surface area contributed by atoms with Gasteiger partial charge < -0.3 is 20.1 Å². The highest BCUT2D eigenvalue weighted by Crippen LogP contribution is 2.47. The molecule has 9 heteroatoms. The van der Waals surface area contributed by atoms with Crippen LogP contribution < -0.4 is 15.5 Å². The predicted octanol–water partition coefficient (Wildman–Crippen LogP) is 2.19. The highest BCUT2D eigenvalue weighted by Gasteiger charge is 2.48. The van der Waals surface area contributed by atoms with Crippen molar-refractivity contribution in [2.45, 2.75) is 19.1 Å². The fraction of sp³-hybridized carbons (Fsp3) is 0.529. The minimum atomic E-state index is -0.931. The molecule has 3 fully saturated rings. The molecule has 2 amide bonds. The van der Waals surface area contributed by atoms with Crippen LogP contribution in [0.25, 0.3) is 0 Å². The van der Waals surface area contributed by atoms with E-state index in [9.17, 15) is 14.0 Å². The Balaban J connectivity index is 1.44. The van der Waals surface area contributed by atoms with Crippen LogP contribution in [0, 0.1) is 11.2 Å². The summed E-state index contributed by atoms with van der Waals surface area (Å²) in [6.07, 6.45) is -2.86. The highest BCUT2D eigenvalue weighted by molar-refractivity contribution is 8.00. The molecule has 0 saturated carbocycles. The number of cyclic esters (lactones) is 1. The maximum atomic E-state index is 14.6. The number of amides is 2. The van der Waals surface area contributed by atoms with Crippen LogP contribution in [0.3, 0.4) is 0 Å². The number of nitrogens with zero attached hydrogens (tertiary/aromatic N) is 2. The van der Waals surface area contributed by atoms with E-state index in [2.05, 4.69) is 0 Å². The summed E-state index contributed by atoms with van der Waals surface area (Å²) in [6, 6.07) is 4.76. The van der Waals surface area contributed by atoms with Gasteiger partial charge in [-0.05, 0) is 25.1 Å². The number of carbonyl (C=O) groups is 2. The molecule has 1 aromatic carbocycles. The van der Waals surface area contributed by atoms with Crippen LogP contribution in [0.2, 0.25) is 0 Å². The van der Waals surface area contributed by atoms with Gasteiger partial charge in [-0.2, -0.15) is 11.8 Å². The molecular weight excluding hydrogens is 361 g/mol. The van der Waals surface area contributed by atoms with Gasteiger partial charge >= 0.3 is 12.2 Å². The number of hydrogen-bond donors (Lipinski definition) is 1. The summed E-state index contributed by atoms with van der Waals surface area (Å²) in [5, 5.41) is 0. The summed E-state index contributed by atoms with van der Waals surface area (Å²) in [5.74, 6) is 1.94. The van der Waals surface area contributed by atoms with Crippen LogP contribution >= 0.6 is 11.8 Å². The van der Waals surface area contributed by atoms with Crippen LogP contribution in [-0.4, -0.2) is 55.5 Å². The minimum Gasteiger partial charge on any atom is -0.443 e. The molecule has 0 radical (unpaired) electrons. The zero-order chi connectivity index (χ0) is 18.5. The van der Waals surface area contributed by atoms with Crippen molar-refractivity contribution in [3.8, 4) is 0 Å². The first-order valence-electron chi connectivity index (χ1n) is 8.43. The van der Waals surface area contributed by atoms with Crippen molar-refractivity contribution >= 4 is 35.3 Å². The average molecular weight is 381 g/mol. The van der Waals surface area contributed by atoms with Crippen molar-refractivity contribution in [1.29, 1.82) is 0 Å². The van der Waals surface area contributed by atoms with Crippen LogP contribution in [0.1, 0.15) is 6.92 Å². The topological polar surface area (TPSA) is 85.1 Å². The number of anilines is 2. The van der Waals surface area contributed by atoms with Crippen LogP contribution in [0.5, 0.6) is 0 Å². The molecule has 1 unspecified atom stereocenters. The molecule has 0 aliphatic carbocycles. The molecule has 0 bridgehead atoms. The van der Waals surface area contributed by atoms with Gasteiger partial charge in [0.25, 0.3) is 0 Å². The predicted molar refractivity (Wildman–Crippen MR) is 96.1 cm³/mol. The Morgan fingerprint density at radius 2 is 2.19 bits per heavy atom. The molecule has 3 saturated heterocycles. The van der Waals surface area contributed by atoms with Gasteiger partial charge in [0.1, 0.15) is 11.9 Å². The third-order valence-corrected chi connectivity index (χ3v) is 6.75. The summed E-state index contributed by atoms with van der Waals surface area (Å²) in [7, 11) is 0. The number of thioether (sulfide) groups is 1. The zero-order valence-corrected chi connectivity index (χ0v) is 15.1. The van der Waals surface area contributed by atoms with Gasteiger partial charge in [0.2, 0.25) is 0 Å². The van der Waals surface area contributed by atoms with Gasteiger partial charge in [-0.3, -0.25) is 4.90 Å². The van der Waals surface area contributed by atoms with E-state index in [1.807, 2.05) is 16.7 Å². The molecular formula is C17H20FN3O4S. The third kappa shape index (κ3) is 2.94. The summed E-state index contributed by atoms with van der Waals surface area (Å²) in [4.78, 5) is 26.3. The van der Waals surface area contributed by atoms with Crippen molar-refractivity contribution in [2.75, 3.05) is 40.9 Å². The lowest BCUT2D eigenvalue weighted by atomic mass is 9.82. The Labute approximate surface area is 154 Å². The zero-order valence-electron chi connectivity index (χ0n) is 14.3. The van der Waals surface area contributed by atoms with E-state index >= 15 is 0 Å². The van der Waals surface area contributed by atoms with Crippen molar-refractivity contribution in [3.05, 3.63) is 24.0 Å². The van der Waals surface area contributed by atoms with Crippen molar-refractivity contribution in [2.24, 2.45) is 11.1 Å². The molecule has 3 aliphatic rings. The number of nitrogens with two attached hydrogens (primary N) is 1. The van der Waals surface area contributed by atoms with Gasteiger partial charge in [-0.25, -0.2) is 14.0 Å². The number of benzene rings is 1. The van der Waals surface area contributed by atoms with Gasteiger partial charge in [-0.1, -0.05) is 0 Å². The Morgan fingerprint density at radius 3 is 2.77 bits per heavy atom. The summed E-state index contributed by atoms with van der Waals surface area (Å²) < 4.78 is 24.7. The largest absolute Gasteiger partial charge is 0.443 e. The molecule has 0 aromatic heterocycles. The average Bonchev–Trinajstić information content (AvgIpc) is 2.87. The molecule has 26 heavy (non-hydrogen) atoms. The molecule has 140 valence electrons. The number of ether oxygens (including phenoxy) is 2. The fourth-order valence-corrected chi connectivity index (χ4v) is 4.77. The summed E-state index contributed by atoms with van der Waals surface area (Å²) in [5.41, 5.74) is 6.34. The number of rotatable bonds is 4. The lowest BCUT2D eigenvalue weighted by Gasteiger charge is -2.56. The van der Waals surface area contributed by atoms with Crippen molar-refractivity contribution in [1.82, 2.24) is 0 Å². The summed E-state index contributed by atoms with van der Waals surface area (Å²) in [6.45, 7) is 3.52. The highest BCUT2D eigenvalue weighted by atomic mass is 32.2. The monoisotopic (exact) mass is 381 g/mol. The van der Waals surface area contributed by atoms with Gasteiger partial charge in [0.05, 0.1) is 17.9 Å². The quantitative estimate of drug-likeness (QED) is 0.861. The van der Waals surface area contributed by atoms with E-state index in [4.69, 9.17) is 15.2 Å². The van der Waals surface area contributed by atoms with E-state index < -0.39 is 24.4 Å². The third-order valence-electron chi connectivity index (χ3n) is 5.11. The first kappa shape index (κ1) is 17.3. The van der Waals surface area contributed by atoms with E-state index in [0.29, 0.717) is 16.8 Å². The molecule has 3 heterocycles. The maximum absolute atomic E-state index is 14.6. The molecule has 3 aliphatic heterocycles. The first-order valence-corrected chi connectivity index (χ1v) is 9.59. The van der Waals surface area contributed by atoms with Crippen molar-refractivity contribution in [3.63, 3.8) is 0 Å². The van der Waals surface area contributed by atoms with E-state index in [0.717, 1.165) is 24.6 Å². The second-order valence-electron chi connectivity index (χ2n) is 7.16. The van der Waals surface area contributed by atoms with Crippen LogP contribution in [-0.2, 0) is 9.47 Å². The Bertz CT molecular complexity index is 750. The number of primary amides is 1. The second kappa shape index (κ2) is 6.22. The smallest absolute Gasteiger partial charge is 0.414 e. The number of halogens is 1. The first-order chi connectivity index (χ1) is 12.4. The Morgan fingerprint density at radius 1 is 1.46 bits per heavy atom. The molecule has 4 rings (SSSR count). The van der Waals surface area contributed by atoms with Gasteiger partial charge in [-0.15, -0.1) is 0 Å². The lowest BCUT2D eigenvalue weighted by molar-refractivity contribution is 0.0280. The second-order valence-corrected chi connectivity index (χ2v) is 8.14. The SMILES string of the molecule is C[C@H](OC(N)=O)C1CN(c2ccc(N3CC4(CSC4)C3)c(F)c2)C(=O)O1. The molecule has 2 atom stereocenters.